The summed E-state index contributed by atoms with van der Waals surface area (Å²) in [7, 11) is 0. The Kier molecular flexibility index (Phi) is 9.60. The van der Waals surface area contributed by atoms with E-state index in [1.807, 2.05) is 19.9 Å². The van der Waals surface area contributed by atoms with Crippen LogP contribution in [0.3, 0.4) is 0 Å². The van der Waals surface area contributed by atoms with E-state index in [0.717, 1.165) is 0 Å². The molecule has 0 fully saturated rings. The number of hydrogen-bond donors (Lipinski definition) is 3. The highest BCUT2D eigenvalue weighted by molar-refractivity contribution is 5.95. The number of aliphatic hydroxyl groups excluding tert-OH is 1. The van der Waals surface area contributed by atoms with Crippen LogP contribution in [0.15, 0.2) is 54.6 Å². The highest BCUT2D eigenvalue weighted by atomic mass is 19.1. The molecule has 0 saturated heterocycles. The number of aromatic nitrogens is 2. The Bertz CT molecular complexity index is 1400. The van der Waals surface area contributed by atoms with Crippen LogP contribution < -0.4 is 5.32 Å². The first kappa shape index (κ1) is 30.2. The summed E-state index contributed by atoms with van der Waals surface area (Å²) < 4.78 is 20.9. The number of carbonyl (C=O) groups is 3. The number of carboxylic acid groups (broad SMARTS) is 1. The fourth-order valence-corrected chi connectivity index (χ4v) is 3.99. The number of imidazole rings is 1. The Balaban J connectivity index is 2.11. The van der Waals surface area contributed by atoms with E-state index >= 15 is 0 Å². The molecule has 0 spiro atoms. The van der Waals surface area contributed by atoms with Crippen LogP contribution in [-0.4, -0.2) is 49.3 Å². The number of Topliss-reactive ketones (excluding diaryl/α,β-unsaturated/α-hetero) is 1. The molecule has 0 aliphatic rings. The van der Waals surface area contributed by atoms with Gasteiger partial charge in [-0.1, -0.05) is 26.0 Å². The highest BCUT2D eigenvalue weighted by Gasteiger charge is 2.22. The zero-order valence-electron chi connectivity index (χ0n) is 23.1. The number of amides is 1. The number of hydrogen-bond acceptors (Lipinski definition) is 6. The number of benzene rings is 2. The van der Waals surface area contributed by atoms with Crippen LogP contribution in [0.4, 0.5) is 14.9 Å². The highest BCUT2D eigenvalue weighted by Crippen LogP contribution is 2.36. The molecule has 3 aromatic rings. The van der Waals surface area contributed by atoms with Gasteiger partial charge in [-0.2, -0.15) is 0 Å². The topological polar surface area (TPSA) is 131 Å². The van der Waals surface area contributed by atoms with Crippen molar-refractivity contribution in [3.8, 4) is 22.5 Å². The standard InChI is InChI=1S/C30H34FN3O6/c1-18(2)28-33-26(19-9-11-21(31)12-10-19)27(34(28)14-13-23(35)16-24(36)17-25(37)38)20-7-6-8-22(15-20)32-29(39)40-30(3,4)5/h6-15,18,23,35H,16-17H2,1-5H3,(H,32,39)(H,37,38). The molecule has 1 heterocycles. The van der Waals surface area contributed by atoms with Gasteiger partial charge in [-0.15, -0.1) is 0 Å². The van der Waals surface area contributed by atoms with Gasteiger partial charge in [-0.3, -0.25) is 14.9 Å². The second-order valence-electron chi connectivity index (χ2n) is 10.6. The molecule has 1 amide bonds. The molecule has 0 aliphatic heterocycles. The third-order valence-electron chi connectivity index (χ3n) is 5.60. The van der Waals surface area contributed by atoms with E-state index in [2.05, 4.69) is 5.32 Å². The number of rotatable bonds is 10. The second-order valence-corrected chi connectivity index (χ2v) is 10.6. The zero-order chi connectivity index (χ0) is 29.6. The smallest absolute Gasteiger partial charge is 0.412 e. The fourth-order valence-electron chi connectivity index (χ4n) is 3.99. The minimum absolute atomic E-state index is 0.0774. The molecular weight excluding hydrogens is 517 g/mol. The van der Waals surface area contributed by atoms with Gasteiger partial charge in [-0.05, 0) is 63.2 Å². The summed E-state index contributed by atoms with van der Waals surface area (Å²) in [4.78, 5) is 40.0. The van der Waals surface area contributed by atoms with Crippen molar-refractivity contribution in [1.82, 2.24) is 9.55 Å². The van der Waals surface area contributed by atoms with E-state index in [1.165, 1.54) is 18.2 Å². The molecule has 3 N–H and O–H groups in total. The average Bonchev–Trinajstić information content (AvgIpc) is 3.21. The number of aliphatic carboxylic acids is 1. The van der Waals surface area contributed by atoms with Gasteiger partial charge < -0.3 is 19.5 Å². The molecule has 40 heavy (non-hydrogen) atoms. The number of nitrogens with one attached hydrogen (secondary N) is 1. The van der Waals surface area contributed by atoms with Crippen molar-refractivity contribution >= 4 is 29.7 Å². The van der Waals surface area contributed by atoms with Gasteiger partial charge in [-0.25, -0.2) is 14.2 Å². The van der Waals surface area contributed by atoms with Gasteiger partial charge in [0.1, 0.15) is 29.4 Å². The molecule has 9 nitrogen and oxygen atoms in total. The largest absolute Gasteiger partial charge is 0.481 e. The first-order valence-corrected chi connectivity index (χ1v) is 12.8. The van der Waals surface area contributed by atoms with Gasteiger partial charge >= 0.3 is 12.1 Å². The summed E-state index contributed by atoms with van der Waals surface area (Å²) in [6.45, 7) is 9.18. The maximum Gasteiger partial charge on any atom is 0.412 e. The molecule has 0 bridgehead atoms. The lowest BCUT2D eigenvalue weighted by atomic mass is 10.0. The molecule has 2 aromatic carbocycles. The minimum Gasteiger partial charge on any atom is -0.481 e. The van der Waals surface area contributed by atoms with E-state index in [1.54, 1.807) is 61.9 Å². The molecule has 1 aromatic heterocycles. The molecule has 1 atom stereocenters. The van der Waals surface area contributed by atoms with Crippen molar-refractivity contribution in [3.63, 3.8) is 0 Å². The average molecular weight is 552 g/mol. The Morgan fingerprint density at radius 1 is 1.10 bits per heavy atom. The molecule has 0 saturated carbocycles. The van der Waals surface area contributed by atoms with Gasteiger partial charge in [0.05, 0.1) is 17.5 Å². The Labute approximate surface area is 232 Å². The van der Waals surface area contributed by atoms with Gasteiger partial charge in [0.15, 0.2) is 0 Å². The third kappa shape index (κ3) is 8.34. The Morgan fingerprint density at radius 2 is 1.77 bits per heavy atom. The van der Waals surface area contributed by atoms with E-state index in [4.69, 9.17) is 14.8 Å². The zero-order valence-corrected chi connectivity index (χ0v) is 23.1. The first-order valence-electron chi connectivity index (χ1n) is 12.8. The van der Waals surface area contributed by atoms with Gasteiger partial charge in [0.25, 0.3) is 0 Å². The molecule has 3 rings (SSSR count). The normalized spacial score (nSPS) is 12.5. The summed E-state index contributed by atoms with van der Waals surface area (Å²) in [5.74, 6) is -1.71. The maximum absolute atomic E-state index is 13.7. The molecule has 0 aliphatic carbocycles. The number of halogens is 1. The number of ether oxygens (including phenoxy) is 1. The van der Waals surface area contributed by atoms with Crippen LogP contribution in [0.25, 0.3) is 28.7 Å². The van der Waals surface area contributed by atoms with Gasteiger partial charge in [0.2, 0.25) is 0 Å². The van der Waals surface area contributed by atoms with Crippen LogP contribution in [0.1, 0.15) is 59.2 Å². The lowest BCUT2D eigenvalue weighted by Crippen LogP contribution is -2.27. The molecular formula is C30H34FN3O6. The lowest BCUT2D eigenvalue weighted by Gasteiger charge is -2.20. The summed E-state index contributed by atoms with van der Waals surface area (Å²) >= 11 is 0. The molecule has 1 unspecified atom stereocenters. The second kappa shape index (κ2) is 12.7. The van der Waals surface area contributed by atoms with Crippen molar-refractivity contribution in [2.45, 2.75) is 65.1 Å². The van der Waals surface area contributed by atoms with Crippen molar-refractivity contribution in [2.75, 3.05) is 5.32 Å². The maximum atomic E-state index is 13.7. The van der Waals surface area contributed by atoms with Crippen LogP contribution in [0.5, 0.6) is 0 Å². The van der Waals surface area contributed by atoms with E-state index in [0.29, 0.717) is 34.0 Å². The quantitative estimate of drug-likeness (QED) is 0.260. The van der Waals surface area contributed by atoms with Crippen LogP contribution in [0.2, 0.25) is 0 Å². The summed E-state index contributed by atoms with van der Waals surface area (Å²) in [5, 5.41) is 22.0. The van der Waals surface area contributed by atoms with Crippen molar-refractivity contribution in [2.24, 2.45) is 0 Å². The van der Waals surface area contributed by atoms with Crippen molar-refractivity contribution in [1.29, 1.82) is 0 Å². The molecule has 212 valence electrons. The van der Waals surface area contributed by atoms with Crippen LogP contribution in [0, 0.1) is 5.82 Å². The summed E-state index contributed by atoms with van der Waals surface area (Å²) in [5.41, 5.74) is 2.24. The van der Waals surface area contributed by atoms with Crippen molar-refractivity contribution in [3.05, 3.63) is 66.2 Å². The lowest BCUT2D eigenvalue weighted by molar-refractivity contribution is -0.140. The van der Waals surface area contributed by atoms with E-state index in [-0.39, 0.29) is 12.3 Å². The number of carbonyl (C=O) groups excluding carboxylic acids is 2. The number of ketones is 1. The van der Waals surface area contributed by atoms with E-state index < -0.39 is 41.8 Å². The number of nitrogens with zero attached hydrogens (tertiary/aromatic N) is 2. The van der Waals surface area contributed by atoms with Crippen molar-refractivity contribution < 1.29 is 33.7 Å². The summed E-state index contributed by atoms with van der Waals surface area (Å²) in [6, 6.07) is 12.9. The van der Waals surface area contributed by atoms with Crippen LogP contribution >= 0.6 is 0 Å². The number of aliphatic hydroxyl groups is 1. The number of anilines is 1. The Hall–Kier alpha value is -4.31. The molecule has 10 heteroatoms. The fraction of sp³-hybridized carbons (Fsp3) is 0.333. The third-order valence-corrected chi connectivity index (χ3v) is 5.60. The predicted octanol–water partition coefficient (Wildman–Crippen LogP) is 6.09. The van der Waals surface area contributed by atoms with Crippen LogP contribution in [-0.2, 0) is 14.3 Å². The molecule has 0 radical (unpaired) electrons. The minimum atomic E-state index is -1.26. The summed E-state index contributed by atoms with van der Waals surface area (Å²) in [6.07, 6.45) is 0.102. The monoisotopic (exact) mass is 551 g/mol. The van der Waals surface area contributed by atoms with E-state index in [9.17, 15) is 23.9 Å². The first-order chi connectivity index (χ1) is 18.7. The Morgan fingerprint density at radius 3 is 2.38 bits per heavy atom. The SMILES string of the molecule is CC(C)c1nc(-c2ccc(F)cc2)c(-c2cccc(NC(=O)OC(C)(C)C)c2)n1C=CC(O)CC(=O)CC(=O)O. The number of carboxylic acids is 1. The predicted molar refractivity (Wildman–Crippen MR) is 150 cm³/mol. The van der Waals surface area contributed by atoms with Gasteiger partial charge in [0, 0.05) is 35.4 Å².